The summed E-state index contributed by atoms with van der Waals surface area (Å²) in [6.45, 7) is 5.37. The molecule has 33 heavy (non-hydrogen) atoms. The Bertz CT molecular complexity index is 1080. The van der Waals surface area contributed by atoms with Gasteiger partial charge in [0, 0.05) is 13.0 Å². The molecule has 4 rings (SSSR count). The minimum absolute atomic E-state index is 0.0161. The molecule has 4 heteroatoms. The van der Waals surface area contributed by atoms with Gasteiger partial charge in [-0.25, -0.2) is 4.99 Å². The van der Waals surface area contributed by atoms with Gasteiger partial charge in [0.15, 0.2) is 11.8 Å². The van der Waals surface area contributed by atoms with Gasteiger partial charge >= 0.3 is 0 Å². The molecule has 1 unspecified atom stereocenters. The van der Waals surface area contributed by atoms with Crippen molar-refractivity contribution < 1.29 is 9.47 Å². The molecule has 1 aliphatic rings. The van der Waals surface area contributed by atoms with Crippen molar-refractivity contribution in [2.24, 2.45) is 15.4 Å². The molecule has 3 atom stereocenters. The highest BCUT2D eigenvalue weighted by Crippen LogP contribution is 2.35. The molecule has 170 valence electrons. The van der Waals surface area contributed by atoms with Crippen LogP contribution in [0.25, 0.3) is 0 Å². The van der Waals surface area contributed by atoms with Gasteiger partial charge in [0.1, 0.15) is 18.1 Å². The molecule has 0 radical (unpaired) electrons. The van der Waals surface area contributed by atoms with Gasteiger partial charge in [-0.3, -0.25) is 4.99 Å². The molecular formula is C29H32N2O2. The van der Waals surface area contributed by atoms with Crippen molar-refractivity contribution in [2.75, 3.05) is 20.3 Å². The fraction of sp³-hybridized carbons (Fsp3) is 0.310. The van der Waals surface area contributed by atoms with E-state index in [0.717, 1.165) is 5.56 Å². The summed E-state index contributed by atoms with van der Waals surface area (Å²) in [5, 5.41) is 0. The lowest BCUT2D eigenvalue weighted by Gasteiger charge is -2.30. The molecule has 0 saturated heterocycles. The van der Waals surface area contributed by atoms with Crippen molar-refractivity contribution in [3.05, 3.63) is 108 Å². The van der Waals surface area contributed by atoms with Gasteiger partial charge in [-0.15, -0.1) is 0 Å². The summed E-state index contributed by atoms with van der Waals surface area (Å²) in [5.74, 6) is 1.59. The summed E-state index contributed by atoms with van der Waals surface area (Å²) in [6.07, 6.45) is 0.695. The quantitative estimate of drug-likeness (QED) is 0.307. The topological polar surface area (TPSA) is 43.2 Å². The Kier molecular flexibility index (Phi) is 7.23. The summed E-state index contributed by atoms with van der Waals surface area (Å²) < 4.78 is 12.6. The summed E-state index contributed by atoms with van der Waals surface area (Å²) >= 11 is 0. The maximum Gasteiger partial charge on any atom is 0.200 e. The van der Waals surface area contributed by atoms with Crippen molar-refractivity contribution >= 4 is 11.8 Å². The second kappa shape index (κ2) is 10.5. The molecule has 0 spiro atoms. The largest absolute Gasteiger partial charge is 0.480 e. The molecule has 0 aromatic heterocycles. The van der Waals surface area contributed by atoms with Crippen LogP contribution in [0.1, 0.15) is 42.5 Å². The van der Waals surface area contributed by atoms with Crippen molar-refractivity contribution in [2.45, 2.75) is 32.2 Å². The molecule has 1 aliphatic heterocycles. The van der Waals surface area contributed by atoms with E-state index in [0.29, 0.717) is 31.4 Å². The average molecular weight is 441 g/mol. The van der Waals surface area contributed by atoms with Gasteiger partial charge in [-0.05, 0) is 30.0 Å². The van der Waals surface area contributed by atoms with E-state index >= 15 is 0 Å². The second-order valence-electron chi connectivity index (χ2n) is 8.82. The van der Waals surface area contributed by atoms with E-state index in [2.05, 4.69) is 79.5 Å². The van der Waals surface area contributed by atoms with Crippen LogP contribution in [0.4, 0.5) is 0 Å². The van der Waals surface area contributed by atoms with Gasteiger partial charge in [-0.1, -0.05) is 97.9 Å². The van der Waals surface area contributed by atoms with Crippen LogP contribution in [0.15, 0.2) is 101 Å². The van der Waals surface area contributed by atoms with Crippen LogP contribution in [-0.2, 0) is 15.9 Å². The first kappa shape index (κ1) is 22.8. The van der Waals surface area contributed by atoms with Crippen molar-refractivity contribution in [1.82, 2.24) is 0 Å². The third-order valence-electron chi connectivity index (χ3n) is 6.22. The predicted molar refractivity (Wildman–Crippen MR) is 135 cm³/mol. The number of ether oxygens (including phenoxy) is 2. The Morgan fingerprint density at radius 1 is 1.00 bits per heavy atom. The fourth-order valence-electron chi connectivity index (χ4n) is 4.32. The Balaban J connectivity index is 1.60. The third kappa shape index (κ3) is 5.33. The zero-order valence-corrected chi connectivity index (χ0v) is 19.6. The van der Waals surface area contributed by atoms with Crippen LogP contribution >= 0.6 is 0 Å². The monoisotopic (exact) mass is 440 g/mol. The first-order valence-corrected chi connectivity index (χ1v) is 11.5. The van der Waals surface area contributed by atoms with E-state index in [4.69, 9.17) is 14.5 Å². The van der Waals surface area contributed by atoms with Gasteiger partial charge in [0.2, 0.25) is 0 Å². The van der Waals surface area contributed by atoms with Crippen molar-refractivity contribution in [1.29, 1.82) is 0 Å². The molecule has 3 aromatic carbocycles. The molecule has 0 fully saturated rings. The lowest BCUT2D eigenvalue weighted by molar-refractivity contribution is 0.233. The number of benzene rings is 3. The molecule has 0 aliphatic carbocycles. The maximum absolute atomic E-state index is 6.39. The third-order valence-corrected chi connectivity index (χ3v) is 6.22. The number of hydrogen-bond acceptors (Lipinski definition) is 4. The number of nitrogens with zero attached hydrogens (tertiary/aromatic N) is 2. The van der Waals surface area contributed by atoms with Crippen molar-refractivity contribution in [3.8, 4) is 0 Å². The summed E-state index contributed by atoms with van der Waals surface area (Å²) in [7, 11) is 1.79. The SMILES string of the molecule is C/N=C(/OC[C@H](C)c1ccccc1)C(C)(Cc1ccccc1)C1=N[C@H](c2ccccc2)CO1. The van der Waals surface area contributed by atoms with Crippen LogP contribution in [0.5, 0.6) is 0 Å². The first-order chi connectivity index (χ1) is 16.1. The summed E-state index contributed by atoms with van der Waals surface area (Å²) in [6, 6.07) is 31.1. The van der Waals surface area contributed by atoms with Gasteiger partial charge in [-0.2, -0.15) is 0 Å². The Labute approximate surface area is 197 Å². The van der Waals surface area contributed by atoms with E-state index in [9.17, 15) is 0 Å². The summed E-state index contributed by atoms with van der Waals surface area (Å²) in [5.41, 5.74) is 2.99. The van der Waals surface area contributed by atoms with Crippen LogP contribution in [0, 0.1) is 5.41 Å². The number of rotatable bonds is 8. The molecule has 0 bridgehead atoms. The molecule has 0 amide bonds. The fourth-order valence-corrected chi connectivity index (χ4v) is 4.32. The smallest absolute Gasteiger partial charge is 0.200 e. The van der Waals surface area contributed by atoms with Crippen LogP contribution in [0.2, 0.25) is 0 Å². The normalized spacial score (nSPS) is 18.7. The molecule has 3 aromatic rings. The van der Waals surface area contributed by atoms with E-state index in [1.807, 2.05) is 30.3 Å². The van der Waals surface area contributed by atoms with Crippen molar-refractivity contribution in [3.63, 3.8) is 0 Å². The van der Waals surface area contributed by atoms with Gasteiger partial charge in [0.05, 0.1) is 6.61 Å². The molecule has 0 N–H and O–H groups in total. The zero-order valence-electron chi connectivity index (χ0n) is 19.6. The minimum atomic E-state index is -0.601. The van der Waals surface area contributed by atoms with Crippen LogP contribution < -0.4 is 0 Å². The molecule has 0 saturated carbocycles. The molecule has 4 nitrogen and oxygen atoms in total. The van der Waals surface area contributed by atoms with Crippen LogP contribution in [0.3, 0.4) is 0 Å². The Hall–Kier alpha value is -3.40. The number of aliphatic imine (C=N–C) groups is 2. The highest BCUT2D eigenvalue weighted by molar-refractivity contribution is 6.05. The van der Waals surface area contributed by atoms with E-state index < -0.39 is 5.41 Å². The predicted octanol–water partition coefficient (Wildman–Crippen LogP) is 6.25. The zero-order chi connectivity index (χ0) is 23.1. The average Bonchev–Trinajstić information content (AvgIpc) is 3.37. The summed E-state index contributed by atoms with van der Waals surface area (Å²) in [4.78, 5) is 9.61. The van der Waals surface area contributed by atoms with E-state index in [1.165, 1.54) is 11.1 Å². The standard InChI is InChI=1S/C29H32N2O2/c1-22(24-15-9-5-10-16-24)20-32-27(30-3)29(2,19-23-13-7-4-8-14-23)28-31-26(21-33-28)25-17-11-6-12-18-25/h4-18,22,26H,19-21H2,1-3H3/b30-27+/t22-,26-,29?/m0/s1. The number of hydrogen-bond donors (Lipinski definition) is 0. The first-order valence-electron chi connectivity index (χ1n) is 11.5. The van der Waals surface area contributed by atoms with Crippen LogP contribution in [-0.4, -0.2) is 32.1 Å². The lowest BCUT2D eigenvalue weighted by Crippen LogP contribution is -2.41. The Morgan fingerprint density at radius 2 is 1.61 bits per heavy atom. The maximum atomic E-state index is 6.39. The van der Waals surface area contributed by atoms with E-state index in [1.54, 1.807) is 7.05 Å². The second-order valence-corrected chi connectivity index (χ2v) is 8.82. The highest BCUT2D eigenvalue weighted by Gasteiger charge is 2.43. The highest BCUT2D eigenvalue weighted by atomic mass is 16.5. The van der Waals surface area contributed by atoms with E-state index in [-0.39, 0.29) is 12.0 Å². The minimum Gasteiger partial charge on any atom is -0.480 e. The van der Waals surface area contributed by atoms with Gasteiger partial charge < -0.3 is 9.47 Å². The van der Waals surface area contributed by atoms with Gasteiger partial charge in [0.25, 0.3) is 0 Å². The molecule has 1 heterocycles. The molecular weight excluding hydrogens is 408 g/mol. The Morgan fingerprint density at radius 3 is 2.24 bits per heavy atom. The lowest BCUT2D eigenvalue weighted by atomic mass is 9.82.